The van der Waals surface area contributed by atoms with Crippen molar-refractivity contribution in [2.75, 3.05) is 11.5 Å². The summed E-state index contributed by atoms with van der Waals surface area (Å²) in [5.41, 5.74) is 12.4. The normalized spacial score (nSPS) is 27.8. The Hall–Kier alpha value is -1.99. The van der Waals surface area contributed by atoms with Crippen molar-refractivity contribution in [3.8, 4) is 0 Å². The molecule has 0 saturated heterocycles. The second-order valence-corrected chi connectivity index (χ2v) is 7.71. The number of nitrogens with zero attached hydrogens (tertiary/aromatic N) is 2. The van der Waals surface area contributed by atoms with E-state index < -0.39 is 11.2 Å². The van der Waals surface area contributed by atoms with Crippen molar-refractivity contribution < 1.29 is 14.6 Å². The van der Waals surface area contributed by atoms with Crippen LogP contribution in [0, 0.1) is 12.8 Å². The molecule has 7 heteroatoms. The summed E-state index contributed by atoms with van der Waals surface area (Å²) in [5.74, 6) is 1.23. The lowest BCUT2D eigenvalue weighted by molar-refractivity contribution is -0.102. The van der Waals surface area contributed by atoms with E-state index in [4.69, 9.17) is 15.9 Å². The maximum atomic E-state index is 11.2. The zero-order valence-electron chi connectivity index (χ0n) is 14.7. The van der Waals surface area contributed by atoms with Gasteiger partial charge in [-0.3, -0.25) is 0 Å². The van der Waals surface area contributed by atoms with Gasteiger partial charge in [-0.05, 0) is 45.1 Å². The Balaban J connectivity index is 1.57. The summed E-state index contributed by atoms with van der Waals surface area (Å²) in [6, 6.07) is 1.95. The van der Waals surface area contributed by atoms with Crippen molar-refractivity contribution in [2.24, 2.45) is 13.0 Å². The van der Waals surface area contributed by atoms with Crippen molar-refractivity contribution in [2.45, 2.75) is 56.7 Å². The largest absolute Gasteiger partial charge is 0.425 e. The predicted octanol–water partition coefficient (Wildman–Crippen LogP) is 1.70. The van der Waals surface area contributed by atoms with Crippen LogP contribution in [0.1, 0.15) is 54.9 Å². The first-order valence-electron chi connectivity index (χ1n) is 8.87. The summed E-state index contributed by atoms with van der Waals surface area (Å²) in [6.07, 6.45) is 4.30. The molecule has 2 atom stereocenters. The van der Waals surface area contributed by atoms with E-state index >= 15 is 0 Å². The third kappa shape index (κ3) is 2.29. The lowest BCUT2D eigenvalue weighted by Crippen LogP contribution is -2.45. The van der Waals surface area contributed by atoms with Gasteiger partial charge in [0.05, 0.1) is 5.60 Å². The van der Waals surface area contributed by atoms with Crippen LogP contribution in [0.4, 0.5) is 11.7 Å². The van der Waals surface area contributed by atoms with Crippen molar-refractivity contribution in [3.05, 3.63) is 28.9 Å². The third-order valence-corrected chi connectivity index (χ3v) is 6.28. The number of rotatable bonds is 4. The molecule has 2 fully saturated rings. The predicted molar refractivity (Wildman–Crippen MR) is 93.6 cm³/mol. The van der Waals surface area contributed by atoms with Gasteiger partial charge in [-0.25, -0.2) is 4.98 Å². The van der Waals surface area contributed by atoms with Crippen LogP contribution in [-0.4, -0.2) is 19.8 Å². The molecule has 0 bridgehead atoms. The highest BCUT2D eigenvalue weighted by Crippen LogP contribution is 2.51. The number of anilines is 2. The lowest BCUT2D eigenvalue weighted by Gasteiger charge is -2.45. The fourth-order valence-corrected chi connectivity index (χ4v) is 4.10. The molecule has 2 saturated carbocycles. The maximum Gasteiger partial charge on any atom is 0.217 e. The lowest BCUT2D eigenvalue weighted by atomic mass is 9.64. The van der Waals surface area contributed by atoms with Crippen molar-refractivity contribution in [1.29, 1.82) is 0 Å². The Labute approximate surface area is 146 Å². The van der Waals surface area contributed by atoms with Gasteiger partial charge >= 0.3 is 0 Å². The van der Waals surface area contributed by atoms with E-state index in [0.717, 1.165) is 24.1 Å². The molecule has 0 radical (unpaired) electrons. The molecule has 2 unspecified atom stereocenters. The first-order chi connectivity index (χ1) is 11.7. The topological polar surface area (TPSA) is 123 Å². The highest BCUT2D eigenvalue weighted by Gasteiger charge is 2.49. The Morgan fingerprint density at radius 1 is 1.32 bits per heavy atom. The summed E-state index contributed by atoms with van der Waals surface area (Å²) in [5, 5.41) is 21.6. The number of aryl methyl sites for hydroxylation is 1. The van der Waals surface area contributed by atoms with E-state index in [2.05, 4.69) is 4.98 Å². The van der Waals surface area contributed by atoms with Crippen LogP contribution in [0.2, 0.25) is 0 Å². The van der Waals surface area contributed by atoms with Crippen LogP contribution in [0.3, 0.4) is 0 Å². The fourth-order valence-electron chi connectivity index (χ4n) is 4.10. The number of hydrogen-bond donors (Lipinski definition) is 4. The van der Waals surface area contributed by atoms with Crippen LogP contribution in [0.15, 0.2) is 10.5 Å². The Bertz CT molecular complexity index is 821. The Morgan fingerprint density at radius 3 is 2.52 bits per heavy atom. The first kappa shape index (κ1) is 16.5. The second-order valence-electron chi connectivity index (χ2n) is 7.71. The van der Waals surface area contributed by atoms with Gasteiger partial charge in [0.1, 0.15) is 17.1 Å². The first-order valence-corrected chi connectivity index (χ1v) is 8.87. The van der Waals surface area contributed by atoms with Gasteiger partial charge in [0.25, 0.3) is 0 Å². The monoisotopic (exact) mass is 346 g/mol. The molecule has 2 aliphatic carbocycles. The molecule has 0 amide bonds. The Kier molecular flexibility index (Phi) is 3.46. The standard InChI is InChI=1S/C18H26N4O3/c1-10-8-12(15(19)22(10)2)18(24)7-4-11(18)9-13-21-14(16(20)25-13)17(23)5-3-6-17/h8,11,23-24H,3-7,9,19-20H2,1-2H3. The molecule has 0 aromatic carbocycles. The second kappa shape index (κ2) is 5.25. The molecule has 2 heterocycles. The van der Waals surface area contributed by atoms with E-state index in [1.807, 2.05) is 24.6 Å². The molecule has 136 valence electrons. The number of oxazole rings is 1. The molecule has 6 N–H and O–H groups in total. The van der Waals surface area contributed by atoms with Crippen LogP contribution >= 0.6 is 0 Å². The number of aromatic nitrogens is 2. The molecule has 4 rings (SSSR count). The number of nitrogen functional groups attached to an aromatic ring is 2. The van der Waals surface area contributed by atoms with Gasteiger partial charge in [0, 0.05) is 30.6 Å². The van der Waals surface area contributed by atoms with Crippen molar-refractivity contribution in [3.63, 3.8) is 0 Å². The SMILES string of the molecule is Cc1cc(C2(O)CCC2Cc2nc(C3(O)CCC3)c(N)o2)c(N)n1C. The Morgan fingerprint density at radius 2 is 2.04 bits per heavy atom. The summed E-state index contributed by atoms with van der Waals surface area (Å²) in [7, 11) is 1.89. The van der Waals surface area contributed by atoms with Gasteiger partial charge in [0.2, 0.25) is 5.88 Å². The average molecular weight is 346 g/mol. The molecule has 2 aromatic heterocycles. The maximum absolute atomic E-state index is 11.2. The molecule has 2 aliphatic rings. The van der Waals surface area contributed by atoms with Gasteiger partial charge in [-0.15, -0.1) is 0 Å². The van der Waals surface area contributed by atoms with E-state index in [9.17, 15) is 10.2 Å². The minimum absolute atomic E-state index is 0.0291. The third-order valence-electron chi connectivity index (χ3n) is 6.28. The van der Waals surface area contributed by atoms with E-state index in [0.29, 0.717) is 43.1 Å². The van der Waals surface area contributed by atoms with Crippen LogP contribution in [-0.2, 0) is 24.7 Å². The quantitative estimate of drug-likeness (QED) is 0.668. The average Bonchev–Trinajstić information content (AvgIpc) is 3.04. The highest BCUT2D eigenvalue weighted by molar-refractivity contribution is 5.49. The summed E-state index contributed by atoms with van der Waals surface area (Å²) in [4.78, 5) is 4.44. The molecule has 7 nitrogen and oxygen atoms in total. The minimum atomic E-state index is -0.965. The van der Waals surface area contributed by atoms with Gasteiger partial charge < -0.3 is 30.7 Å². The molecular formula is C18H26N4O3. The molecular weight excluding hydrogens is 320 g/mol. The summed E-state index contributed by atoms with van der Waals surface area (Å²) >= 11 is 0. The number of aliphatic hydroxyl groups is 2. The summed E-state index contributed by atoms with van der Waals surface area (Å²) in [6.45, 7) is 1.97. The van der Waals surface area contributed by atoms with Gasteiger partial charge in [-0.1, -0.05) is 0 Å². The van der Waals surface area contributed by atoms with E-state index in [-0.39, 0.29) is 11.8 Å². The van der Waals surface area contributed by atoms with Gasteiger partial charge in [-0.2, -0.15) is 0 Å². The number of hydrogen-bond acceptors (Lipinski definition) is 6. The minimum Gasteiger partial charge on any atom is -0.425 e. The zero-order chi connectivity index (χ0) is 18.0. The van der Waals surface area contributed by atoms with Crippen LogP contribution in [0.25, 0.3) is 0 Å². The van der Waals surface area contributed by atoms with Crippen LogP contribution < -0.4 is 11.5 Å². The molecule has 0 spiro atoms. The smallest absolute Gasteiger partial charge is 0.217 e. The van der Waals surface area contributed by atoms with Gasteiger partial charge in [0.15, 0.2) is 5.89 Å². The van der Waals surface area contributed by atoms with Crippen molar-refractivity contribution >= 4 is 11.7 Å². The summed E-state index contributed by atoms with van der Waals surface area (Å²) < 4.78 is 7.48. The van der Waals surface area contributed by atoms with E-state index in [1.165, 1.54) is 0 Å². The molecule has 0 aliphatic heterocycles. The number of nitrogens with two attached hydrogens (primary N) is 2. The molecule has 25 heavy (non-hydrogen) atoms. The van der Waals surface area contributed by atoms with Crippen molar-refractivity contribution in [1.82, 2.24) is 9.55 Å². The van der Waals surface area contributed by atoms with Crippen LogP contribution in [0.5, 0.6) is 0 Å². The zero-order valence-corrected chi connectivity index (χ0v) is 14.7. The fraction of sp³-hybridized carbons (Fsp3) is 0.611. The highest BCUT2D eigenvalue weighted by atomic mass is 16.4. The van der Waals surface area contributed by atoms with E-state index in [1.54, 1.807) is 0 Å². The molecule has 2 aromatic rings.